The van der Waals surface area contributed by atoms with E-state index >= 15 is 0 Å². The summed E-state index contributed by atoms with van der Waals surface area (Å²) in [7, 11) is 3.25. The molecule has 7 heteroatoms. The lowest BCUT2D eigenvalue weighted by molar-refractivity contribution is 0.400. The molecule has 1 heterocycles. The quantitative estimate of drug-likeness (QED) is 0.653. The fraction of sp³-hybridized carbons (Fsp3) is 0.231. The number of aryl methyl sites for hydroxylation is 1. The van der Waals surface area contributed by atoms with Crippen LogP contribution in [0.25, 0.3) is 0 Å². The summed E-state index contributed by atoms with van der Waals surface area (Å²) in [5, 5.41) is 6.50. The number of nitrogens with one attached hydrogen (secondary N) is 1. The van der Waals surface area contributed by atoms with E-state index in [-0.39, 0.29) is 0 Å². The van der Waals surface area contributed by atoms with Crippen LogP contribution in [0.1, 0.15) is 11.1 Å². The topological polar surface area (TPSA) is 81.8 Å². The van der Waals surface area contributed by atoms with E-state index in [4.69, 9.17) is 15.2 Å². The number of methoxy groups -OCH3 is 2. The van der Waals surface area contributed by atoms with Gasteiger partial charge in [-0.05, 0) is 24.6 Å². The van der Waals surface area contributed by atoms with Crippen molar-refractivity contribution in [3.8, 4) is 11.5 Å². The Hall–Kier alpha value is -2.28. The predicted molar refractivity (Wildman–Crippen MR) is 82.0 cm³/mol. The lowest BCUT2D eigenvalue weighted by Crippen LogP contribution is -1.97. The molecule has 0 bridgehead atoms. The van der Waals surface area contributed by atoms with E-state index in [9.17, 15) is 0 Å². The molecule has 0 amide bonds. The monoisotopic (exact) mass is 292 g/mol. The molecule has 2 rings (SSSR count). The zero-order valence-corrected chi connectivity index (χ0v) is 12.3. The summed E-state index contributed by atoms with van der Waals surface area (Å²) < 4.78 is 10.6. The summed E-state index contributed by atoms with van der Waals surface area (Å²) in [4.78, 5) is 4.05. The van der Waals surface area contributed by atoms with E-state index in [1.807, 2.05) is 19.1 Å². The van der Waals surface area contributed by atoms with Gasteiger partial charge in [-0.2, -0.15) is 5.10 Å². The van der Waals surface area contributed by atoms with Crippen molar-refractivity contribution >= 4 is 28.5 Å². The first-order valence-corrected chi connectivity index (χ1v) is 6.74. The van der Waals surface area contributed by atoms with Crippen molar-refractivity contribution in [1.29, 1.82) is 0 Å². The molecule has 0 radical (unpaired) electrons. The summed E-state index contributed by atoms with van der Waals surface area (Å²) in [5.74, 6) is 1.99. The Morgan fingerprint density at radius 2 is 2.05 bits per heavy atom. The van der Waals surface area contributed by atoms with Gasteiger partial charge in [-0.1, -0.05) is 0 Å². The third-order valence-electron chi connectivity index (χ3n) is 2.63. The van der Waals surface area contributed by atoms with Gasteiger partial charge in [0.25, 0.3) is 0 Å². The van der Waals surface area contributed by atoms with Gasteiger partial charge in [-0.3, -0.25) is 5.43 Å². The Morgan fingerprint density at radius 3 is 2.65 bits per heavy atom. The second kappa shape index (κ2) is 6.25. The SMILES string of the molecule is COc1cc(C=NNc2nc(N)cs2)c(OC)cc1C. The molecule has 0 aliphatic rings. The highest BCUT2D eigenvalue weighted by atomic mass is 32.1. The molecule has 0 fully saturated rings. The lowest BCUT2D eigenvalue weighted by atomic mass is 10.1. The van der Waals surface area contributed by atoms with Crippen LogP contribution in [0, 0.1) is 6.92 Å². The van der Waals surface area contributed by atoms with Crippen LogP contribution in [0.15, 0.2) is 22.6 Å². The maximum Gasteiger partial charge on any atom is 0.205 e. The standard InChI is InChI=1S/C13H16N4O2S/c1-8-4-11(19-3)9(5-10(8)18-2)6-15-17-13-16-12(14)7-20-13/h4-7H,14H2,1-3H3,(H,16,17). The number of rotatable bonds is 5. The maximum atomic E-state index is 5.53. The number of hydrazone groups is 1. The lowest BCUT2D eigenvalue weighted by Gasteiger charge is -2.10. The van der Waals surface area contributed by atoms with E-state index in [2.05, 4.69) is 15.5 Å². The molecule has 1 aromatic carbocycles. The Morgan fingerprint density at radius 1 is 1.30 bits per heavy atom. The Bertz CT molecular complexity index is 625. The number of ether oxygens (including phenoxy) is 2. The molecule has 0 saturated carbocycles. The summed E-state index contributed by atoms with van der Waals surface area (Å²) in [6.45, 7) is 1.96. The average Bonchev–Trinajstić information content (AvgIpc) is 2.85. The Kier molecular flexibility index (Phi) is 4.41. The number of nitrogens with zero attached hydrogens (tertiary/aromatic N) is 2. The van der Waals surface area contributed by atoms with Gasteiger partial charge in [-0.25, -0.2) is 4.98 Å². The molecule has 20 heavy (non-hydrogen) atoms. The van der Waals surface area contributed by atoms with Crippen molar-refractivity contribution in [1.82, 2.24) is 4.98 Å². The van der Waals surface area contributed by atoms with Crippen LogP contribution in [0.3, 0.4) is 0 Å². The third kappa shape index (κ3) is 3.18. The fourth-order valence-corrected chi connectivity index (χ4v) is 2.22. The molecule has 0 unspecified atom stereocenters. The number of hydrogen-bond donors (Lipinski definition) is 2. The highest BCUT2D eigenvalue weighted by Gasteiger charge is 2.06. The van der Waals surface area contributed by atoms with E-state index in [1.165, 1.54) is 11.3 Å². The number of hydrogen-bond acceptors (Lipinski definition) is 7. The zero-order valence-electron chi connectivity index (χ0n) is 11.5. The van der Waals surface area contributed by atoms with Crippen LogP contribution < -0.4 is 20.6 Å². The average molecular weight is 292 g/mol. The van der Waals surface area contributed by atoms with E-state index in [0.29, 0.717) is 10.9 Å². The molecule has 0 aliphatic carbocycles. The van der Waals surface area contributed by atoms with Gasteiger partial charge in [0.1, 0.15) is 17.3 Å². The number of thiazole rings is 1. The second-order valence-corrected chi connectivity index (χ2v) is 4.87. The summed E-state index contributed by atoms with van der Waals surface area (Å²) in [5.41, 5.74) is 10.2. The van der Waals surface area contributed by atoms with Crippen molar-refractivity contribution < 1.29 is 9.47 Å². The van der Waals surface area contributed by atoms with Gasteiger partial charge < -0.3 is 15.2 Å². The summed E-state index contributed by atoms with van der Waals surface area (Å²) >= 11 is 1.39. The van der Waals surface area contributed by atoms with Gasteiger partial charge in [0.05, 0.1) is 20.4 Å². The van der Waals surface area contributed by atoms with Crippen molar-refractivity contribution in [2.75, 3.05) is 25.4 Å². The minimum Gasteiger partial charge on any atom is -0.496 e. The van der Waals surface area contributed by atoms with E-state index < -0.39 is 0 Å². The van der Waals surface area contributed by atoms with Crippen LogP contribution in [-0.4, -0.2) is 25.4 Å². The molecule has 0 saturated heterocycles. The summed E-state index contributed by atoms with van der Waals surface area (Å²) in [6.07, 6.45) is 1.65. The molecule has 0 aliphatic heterocycles. The van der Waals surface area contributed by atoms with Crippen LogP contribution >= 0.6 is 11.3 Å². The maximum absolute atomic E-state index is 5.53. The van der Waals surface area contributed by atoms with E-state index in [1.54, 1.807) is 25.8 Å². The number of aromatic nitrogens is 1. The highest BCUT2D eigenvalue weighted by Crippen LogP contribution is 2.27. The molecule has 1 aromatic heterocycles. The second-order valence-electron chi connectivity index (χ2n) is 4.01. The van der Waals surface area contributed by atoms with Crippen LogP contribution in [0.5, 0.6) is 11.5 Å². The molecule has 0 spiro atoms. The molecule has 6 nitrogen and oxygen atoms in total. The smallest absolute Gasteiger partial charge is 0.205 e. The van der Waals surface area contributed by atoms with Crippen molar-refractivity contribution in [2.24, 2.45) is 5.10 Å². The first-order valence-electron chi connectivity index (χ1n) is 5.86. The van der Waals surface area contributed by atoms with Crippen LogP contribution in [0.2, 0.25) is 0 Å². The number of benzene rings is 1. The largest absolute Gasteiger partial charge is 0.496 e. The first-order chi connectivity index (χ1) is 9.63. The normalized spacial score (nSPS) is 10.8. The number of anilines is 2. The van der Waals surface area contributed by atoms with Crippen molar-refractivity contribution in [3.63, 3.8) is 0 Å². The highest BCUT2D eigenvalue weighted by molar-refractivity contribution is 7.14. The molecular formula is C13H16N4O2S. The number of nitrogen functional groups attached to an aromatic ring is 1. The fourth-order valence-electron chi connectivity index (χ4n) is 1.67. The van der Waals surface area contributed by atoms with E-state index in [0.717, 1.165) is 22.6 Å². The van der Waals surface area contributed by atoms with Gasteiger partial charge in [-0.15, -0.1) is 11.3 Å². The van der Waals surface area contributed by atoms with Gasteiger partial charge in [0, 0.05) is 10.9 Å². The minimum absolute atomic E-state index is 0.474. The van der Waals surface area contributed by atoms with Gasteiger partial charge in [0.2, 0.25) is 5.13 Å². The molecule has 2 aromatic rings. The van der Waals surface area contributed by atoms with Gasteiger partial charge >= 0.3 is 0 Å². The summed E-state index contributed by atoms with van der Waals surface area (Å²) in [6, 6.07) is 3.77. The number of nitrogens with two attached hydrogens (primary N) is 1. The minimum atomic E-state index is 0.474. The van der Waals surface area contributed by atoms with Crippen molar-refractivity contribution in [2.45, 2.75) is 6.92 Å². The third-order valence-corrected chi connectivity index (χ3v) is 3.40. The van der Waals surface area contributed by atoms with Crippen molar-refractivity contribution in [3.05, 3.63) is 28.6 Å². The molecular weight excluding hydrogens is 276 g/mol. The molecule has 106 valence electrons. The molecule has 0 atom stereocenters. The Balaban J connectivity index is 2.19. The molecule has 3 N–H and O–H groups in total. The van der Waals surface area contributed by atoms with Crippen LogP contribution in [-0.2, 0) is 0 Å². The zero-order chi connectivity index (χ0) is 14.5. The Labute approximate surface area is 121 Å². The first kappa shape index (κ1) is 14.1. The van der Waals surface area contributed by atoms with Crippen LogP contribution in [0.4, 0.5) is 10.9 Å². The van der Waals surface area contributed by atoms with Gasteiger partial charge in [0.15, 0.2) is 0 Å². The predicted octanol–water partition coefficient (Wildman–Crippen LogP) is 2.50.